The number of benzene rings is 1. The van der Waals surface area contributed by atoms with E-state index in [-0.39, 0.29) is 37.1 Å². The molecule has 0 aliphatic carbocycles. The number of Topliss-reactive ketones (excluding diaryl/α,β-unsaturated/α-hetero) is 1. The third kappa shape index (κ3) is 3.37. The first-order valence-electron chi connectivity index (χ1n) is 5.77. The van der Waals surface area contributed by atoms with E-state index in [1.54, 1.807) is 12.1 Å². The van der Waals surface area contributed by atoms with Crippen LogP contribution in [0.5, 0.6) is 0 Å². The van der Waals surface area contributed by atoms with Crippen LogP contribution in [0.1, 0.15) is 5.56 Å². The Hall–Kier alpha value is -1.75. The lowest BCUT2D eigenvalue weighted by Gasteiger charge is -2.26. The Morgan fingerprint density at radius 1 is 1.33 bits per heavy atom. The van der Waals surface area contributed by atoms with Crippen LogP contribution in [-0.4, -0.2) is 42.9 Å². The Labute approximate surface area is 104 Å². The summed E-state index contributed by atoms with van der Waals surface area (Å²) in [6.45, 7) is 1.06. The van der Waals surface area contributed by atoms with E-state index >= 15 is 0 Å². The number of carbonyl (C=O) groups is 2. The Balaban J connectivity index is 1.88. The van der Waals surface area contributed by atoms with Gasteiger partial charge in [0.2, 0.25) is 5.91 Å². The first kappa shape index (κ1) is 12.7. The number of ketones is 1. The molecule has 1 heterocycles. The summed E-state index contributed by atoms with van der Waals surface area (Å²) in [5.41, 5.74) is 0.752. The van der Waals surface area contributed by atoms with Gasteiger partial charge < -0.3 is 9.64 Å². The van der Waals surface area contributed by atoms with Crippen LogP contribution in [0.4, 0.5) is 4.39 Å². The van der Waals surface area contributed by atoms with Gasteiger partial charge in [0.1, 0.15) is 12.4 Å². The van der Waals surface area contributed by atoms with Crippen LogP contribution in [0, 0.1) is 5.82 Å². The monoisotopic (exact) mass is 251 g/mol. The predicted molar refractivity (Wildman–Crippen MR) is 62.5 cm³/mol. The van der Waals surface area contributed by atoms with Crippen molar-refractivity contribution >= 4 is 11.7 Å². The normalized spacial score (nSPS) is 15.8. The fourth-order valence-electron chi connectivity index (χ4n) is 1.82. The fourth-order valence-corrected chi connectivity index (χ4v) is 1.82. The number of rotatable bonds is 4. The highest BCUT2D eigenvalue weighted by molar-refractivity contribution is 5.88. The van der Waals surface area contributed by atoms with Crippen molar-refractivity contribution in [2.75, 3.05) is 26.3 Å². The van der Waals surface area contributed by atoms with E-state index in [2.05, 4.69) is 0 Å². The number of morpholine rings is 1. The molecular formula is C13H14FNO3. The van der Waals surface area contributed by atoms with Gasteiger partial charge in [-0.1, -0.05) is 12.1 Å². The lowest BCUT2D eigenvalue weighted by Crippen LogP contribution is -2.44. The second-order valence-corrected chi connectivity index (χ2v) is 4.21. The quantitative estimate of drug-likeness (QED) is 0.795. The molecular weight excluding hydrogens is 237 g/mol. The molecule has 4 nitrogen and oxygen atoms in total. The third-order valence-electron chi connectivity index (χ3n) is 2.77. The van der Waals surface area contributed by atoms with E-state index in [1.807, 2.05) is 0 Å². The molecule has 0 spiro atoms. The van der Waals surface area contributed by atoms with Crippen molar-refractivity contribution in [2.24, 2.45) is 0 Å². The average molecular weight is 251 g/mol. The summed E-state index contributed by atoms with van der Waals surface area (Å²) in [4.78, 5) is 24.7. The van der Waals surface area contributed by atoms with Crippen LogP contribution in [0.25, 0.3) is 0 Å². The van der Waals surface area contributed by atoms with Gasteiger partial charge in [-0.2, -0.15) is 0 Å². The van der Waals surface area contributed by atoms with E-state index in [0.717, 1.165) is 5.56 Å². The molecule has 0 bridgehead atoms. The molecule has 1 saturated heterocycles. The Bertz CT molecular complexity index is 444. The van der Waals surface area contributed by atoms with Gasteiger partial charge in [-0.05, 0) is 17.7 Å². The SMILES string of the molecule is O=C(Cc1ccc(F)cc1)CN1CCOCC1=O. The number of hydrogen-bond donors (Lipinski definition) is 0. The Morgan fingerprint density at radius 3 is 2.72 bits per heavy atom. The summed E-state index contributed by atoms with van der Waals surface area (Å²) >= 11 is 0. The molecule has 5 heteroatoms. The van der Waals surface area contributed by atoms with Gasteiger partial charge in [0.15, 0.2) is 5.78 Å². The number of halogens is 1. The molecule has 1 aromatic rings. The van der Waals surface area contributed by atoms with Gasteiger partial charge in [-0.25, -0.2) is 4.39 Å². The van der Waals surface area contributed by atoms with Crippen LogP contribution < -0.4 is 0 Å². The zero-order chi connectivity index (χ0) is 13.0. The van der Waals surface area contributed by atoms with Crippen LogP contribution >= 0.6 is 0 Å². The standard InChI is InChI=1S/C13H14FNO3/c14-11-3-1-10(2-4-11)7-12(16)8-15-5-6-18-9-13(15)17/h1-4H,5-9H2. The van der Waals surface area contributed by atoms with Crippen molar-refractivity contribution in [1.29, 1.82) is 0 Å². The van der Waals surface area contributed by atoms with Gasteiger partial charge in [-0.3, -0.25) is 9.59 Å². The van der Waals surface area contributed by atoms with Crippen LogP contribution in [0.2, 0.25) is 0 Å². The zero-order valence-corrected chi connectivity index (χ0v) is 9.89. The zero-order valence-electron chi connectivity index (χ0n) is 9.89. The van der Waals surface area contributed by atoms with Gasteiger partial charge in [0.05, 0.1) is 13.2 Å². The maximum atomic E-state index is 12.7. The molecule has 1 fully saturated rings. The fraction of sp³-hybridized carbons (Fsp3) is 0.385. The minimum atomic E-state index is -0.324. The Morgan fingerprint density at radius 2 is 2.06 bits per heavy atom. The van der Waals surface area contributed by atoms with Crippen molar-refractivity contribution in [3.63, 3.8) is 0 Å². The number of hydrogen-bond acceptors (Lipinski definition) is 3. The van der Waals surface area contributed by atoms with E-state index in [4.69, 9.17) is 4.74 Å². The van der Waals surface area contributed by atoms with Crippen molar-refractivity contribution in [3.8, 4) is 0 Å². The molecule has 0 aromatic heterocycles. The lowest BCUT2D eigenvalue weighted by molar-refractivity contribution is -0.145. The first-order valence-corrected chi connectivity index (χ1v) is 5.77. The molecule has 2 rings (SSSR count). The molecule has 1 aromatic carbocycles. The number of ether oxygens (including phenoxy) is 1. The van der Waals surface area contributed by atoms with Gasteiger partial charge in [0.25, 0.3) is 0 Å². The second-order valence-electron chi connectivity index (χ2n) is 4.21. The summed E-state index contributed by atoms with van der Waals surface area (Å²) < 4.78 is 17.7. The van der Waals surface area contributed by atoms with Crippen LogP contribution in [0.15, 0.2) is 24.3 Å². The van der Waals surface area contributed by atoms with Crippen molar-refractivity contribution in [2.45, 2.75) is 6.42 Å². The third-order valence-corrected chi connectivity index (χ3v) is 2.77. The predicted octanol–water partition coefficient (Wildman–Crippen LogP) is 0.796. The molecule has 0 radical (unpaired) electrons. The molecule has 1 aliphatic rings. The van der Waals surface area contributed by atoms with E-state index in [0.29, 0.717) is 13.2 Å². The highest BCUT2D eigenvalue weighted by atomic mass is 19.1. The molecule has 1 aliphatic heterocycles. The smallest absolute Gasteiger partial charge is 0.249 e. The highest BCUT2D eigenvalue weighted by Gasteiger charge is 2.20. The molecule has 18 heavy (non-hydrogen) atoms. The Kier molecular flexibility index (Phi) is 4.04. The van der Waals surface area contributed by atoms with Crippen molar-refractivity contribution < 1.29 is 18.7 Å². The van der Waals surface area contributed by atoms with Gasteiger partial charge in [0, 0.05) is 13.0 Å². The summed E-state index contributed by atoms with van der Waals surface area (Å²) in [7, 11) is 0. The maximum absolute atomic E-state index is 12.7. The summed E-state index contributed by atoms with van der Waals surface area (Å²) in [5, 5.41) is 0. The number of amides is 1. The summed E-state index contributed by atoms with van der Waals surface area (Å²) in [6, 6.07) is 5.80. The average Bonchev–Trinajstić information content (AvgIpc) is 2.35. The summed E-state index contributed by atoms with van der Waals surface area (Å²) in [6.07, 6.45) is 0.213. The van der Waals surface area contributed by atoms with Crippen LogP contribution in [-0.2, 0) is 20.7 Å². The van der Waals surface area contributed by atoms with Gasteiger partial charge in [-0.15, -0.1) is 0 Å². The molecule has 0 unspecified atom stereocenters. The molecule has 1 amide bonds. The van der Waals surface area contributed by atoms with E-state index in [1.165, 1.54) is 17.0 Å². The first-order chi connectivity index (χ1) is 8.65. The molecule has 0 atom stereocenters. The number of carbonyl (C=O) groups excluding carboxylic acids is 2. The minimum absolute atomic E-state index is 0.0455. The van der Waals surface area contributed by atoms with Crippen LogP contribution in [0.3, 0.4) is 0 Å². The van der Waals surface area contributed by atoms with Crippen molar-refractivity contribution in [1.82, 2.24) is 4.90 Å². The highest BCUT2D eigenvalue weighted by Crippen LogP contribution is 2.05. The minimum Gasteiger partial charge on any atom is -0.370 e. The van der Waals surface area contributed by atoms with E-state index in [9.17, 15) is 14.0 Å². The lowest BCUT2D eigenvalue weighted by atomic mass is 10.1. The van der Waals surface area contributed by atoms with E-state index < -0.39 is 0 Å². The molecule has 0 saturated carbocycles. The number of nitrogens with zero attached hydrogens (tertiary/aromatic N) is 1. The largest absolute Gasteiger partial charge is 0.370 e. The summed E-state index contributed by atoms with van der Waals surface area (Å²) in [5.74, 6) is -0.542. The van der Waals surface area contributed by atoms with Gasteiger partial charge >= 0.3 is 0 Å². The van der Waals surface area contributed by atoms with Crippen molar-refractivity contribution in [3.05, 3.63) is 35.6 Å². The molecule has 96 valence electrons. The topological polar surface area (TPSA) is 46.6 Å². The second kappa shape index (κ2) is 5.73. The maximum Gasteiger partial charge on any atom is 0.249 e. The molecule has 0 N–H and O–H groups in total.